The Morgan fingerprint density at radius 1 is 1.38 bits per heavy atom. The first-order valence-corrected chi connectivity index (χ1v) is 8.24. The maximum absolute atomic E-state index is 11.4. The van der Waals surface area contributed by atoms with Crippen LogP contribution in [-0.4, -0.2) is 31.4 Å². The summed E-state index contributed by atoms with van der Waals surface area (Å²) in [6.07, 6.45) is 4.86. The van der Waals surface area contributed by atoms with Gasteiger partial charge in [0.05, 0.1) is 5.71 Å². The molecule has 7 heteroatoms. The van der Waals surface area contributed by atoms with Crippen LogP contribution in [0.15, 0.2) is 34.3 Å². The van der Waals surface area contributed by atoms with Gasteiger partial charge in [0, 0.05) is 18.6 Å². The molecular formula is C14H16N2O4S. The van der Waals surface area contributed by atoms with Crippen molar-refractivity contribution < 1.29 is 18.3 Å². The third-order valence-electron chi connectivity index (χ3n) is 3.14. The number of phenols is 1. The highest BCUT2D eigenvalue weighted by Crippen LogP contribution is 2.24. The molecule has 1 atom stereocenters. The van der Waals surface area contributed by atoms with Gasteiger partial charge in [-0.05, 0) is 23.8 Å². The Morgan fingerprint density at radius 2 is 2.10 bits per heavy atom. The second-order valence-electron chi connectivity index (χ2n) is 5.01. The number of rotatable bonds is 3. The fraction of sp³-hybridized carbons (Fsp3) is 0.286. The lowest BCUT2D eigenvalue weighted by Crippen LogP contribution is -2.30. The average molecular weight is 308 g/mol. The number of sulfone groups is 1. The minimum atomic E-state index is -3.45. The van der Waals surface area contributed by atoms with E-state index in [4.69, 9.17) is 0 Å². The van der Waals surface area contributed by atoms with Gasteiger partial charge >= 0.3 is 0 Å². The minimum Gasteiger partial charge on any atom is -0.507 e. The highest BCUT2D eigenvalue weighted by Gasteiger charge is 2.18. The Balaban J connectivity index is 2.23. The van der Waals surface area contributed by atoms with E-state index in [1.54, 1.807) is 18.2 Å². The van der Waals surface area contributed by atoms with E-state index in [0.717, 1.165) is 12.0 Å². The summed E-state index contributed by atoms with van der Waals surface area (Å²) in [5, 5.41) is 13.7. The number of nitrogens with one attached hydrogen (secondary N) is 1. The van der Waals surface area contributed by atoms with E-state index >= 15 is 0 Å². The lowest BCUT2D eigenvalue weighted by Gasteiger charge is -2.16. The zero-order valence-electron chi connectivity index (χ0n) is 11.7. The van der Waals surface area contributed by atoms with Crippen LogP contribution >= 0.6 is 0 Å². The Labute approximate surface area is 123 Å². The maximum atomic E-state index is 11.4. The van der Waals surface area contributed by atoms with E-state index in [1.807, 2.05) is 6.92 Å². The molecule has 21 heavy (non-hydrogen) atoms. The second-order valence-corrected chi connectivity index (χ2v) is 6.99. The van der Waals surface area contributed by atoms with Crippen LogP contribution in [-0.2, 0) is 14.6 Å². The Hall–Kier alpha value is -2.15. The predicted molar refractivity (Wildman–Crippen MR) is 79.6 cm³/mol. The van der Waals surface area contributed by atoms with E-state index < -0.39 is 9.84 Å². The summed E-state index contributed by atoms with van der Waals surface area (Å²) < 4.78 is 22.8. The van der Waals surface area contributed by atoms with Crippen molar-refractivity contribution in [2.75, 3.05) is 6.26 Å². The van der Waals surface area contributed by atoms with E-state index in [2.05, 4.69) is 10.5 Å². The second kappa shape index (κ2) is 5.69. The van der Waals surface area contributed by atoms with Crippen LogP contribution in [0.25, 0.3) is 6.08 Å². The molecule has 2 N–H and O–H groups in total. The molecule has 1 amide bonds. The highest BCUT2D eigenvalue weighted by molar-refractivity contribution is 7.90. The number of phenolic OH excluding ortho intramolecular Hbond substituents is 1. The van der Waals surface area contributed by atoms with Crippen molar-refractivity contribution in [1.29, 1.82) is 0 Å². The molecule has 0 saturated heterocycles. The largest absolute Gasteiger partial charge is 0.507 e. The van der Waals surface area contributed by atoms with Crippen molar-refractivity contribution in [3.63, 3.8) is 0 Å². The van der Waals surface area contributed by atoms with Crippen molar-refractivity contribution in [2.24, 2.45) is 11.0 Å². The molecule has 1 unspecified atom stereocenters. The van der Waals surface area contributed by atoms with Crippen LogP contribution in [0.1, 0.15) is 18.9 Å². The SMILES string of the molecule is CC1CC(=O)NN=C1C=Cc1ccc(S(C)(=O)=O)c(O)c1. The zero-order chi connectivity index (χ0) is 15.6. The summed E-state index contributed by atoms with van der Waals surface area (Å²) in [5.41, 5.74) is 3.78. The Bertz CT molecular complexity index is 735. The van der Waals surface area contributed by atoms with Gasteiger partial charge in [0.25, 0.3) is 0 Å². The van der Waals surface area contributed by atoms with Crippen LogP contribution in [0.3, 0.4) is 0 Å². The third kappa shape index (κ3) is 3.69. The smallest absolute Gasteiger partial charge is 0.240 e. The number of carbonyl (C=O) groups is 1. The maximum Gasteiger partial charge on any atom is 0.240 e. The van der Waals surface area contributed by atoms with Gasteiger partial charge in [-0.15, -0.1) is 0 Å². The van der Waals surface area contributed by atoms with Crippen LogP contribution in [0, 0.1) is 5.92 Å². The number of allylic oxidation sites excluding steroid dienone is 1. The molecular weight excluding hydrogens is 292 g/mol. The molecule has 6 nitrogen and oxygen atoms in total. The fourth-order valence-electron chi connectivity index (χ4n) is 2.00. The van der Waals surface area contributed by atoms with Gasteiger partial charge in [-0.2, -0.15) is 5.10 Å². The van der Waals surface area contributed by atoms with Gasteiger partial charge < -0.3 is 5.11 Å². The van der Waals surface area contributed by atoms with Crippen molar-refractivity contribution in [2.45, 2.75) is 18.2 Å². The number of nitrogens with zero attached hydrogens (tertiary/aromatic N) is 1. The van der Waals surface area contributed by atoms with Gasteiger partial charge in [0.2, 0.25) is 5.91 Å². The fourth-order valence-corrected chi connectivity index (χ4v) is 2.75. The van der Waals surface area contributed by atoms with Gasteiger partial charge in [-0.3, -0.25) is 4.79 Å². The standard InChI is InChI=1S/C14H16N2O4S/c1-9-7-14(18)16-15-11(9)5-3-10-4-6-13(12(17)8-10)21(2,19)20/h3-6,8-9,17H,7H2,1-2H3,(H,16,18). The summed E-state index contributed by atoms with van der Waals surface area (Å²) in [6.45, 7) is 1.89. The van der Waals surface area contributed by atoms with Crippen LogP contribution in [0.2, 0.25) is 0 Å². The predicted octanol–water partition coefficient (Wildman–Crippen LogP) is 1.32. The molecule has 1 aliphatic heterocycles. The summed E-state index contributed by atoms with van der Waals surface area (Å²) in [5.74, 6) is -0.389. The molecule has 112 valence electrons. The summed E-state index contributed by atoms with van der Waals surface area (Å²) in [7, 11) is -3.45. The number of carbonyl (C=O) groups excluding carboxylic acids is 1. The number of hydrazone groups is 1. The normalized spacial score (nSPS) is 19.4. The van der Waals surface area contributed by atoms with E-state index in [9.17, 15) is 18.3 Å². The molecule has 0 bridgehead atoms. The number of amides is 1. The van der Waals surface area contributed by atoms with Crippen molar-refractivity contribution in [3.8, 4) is 5.75 Å². The lowest BCUT2D eigenvalue weighted by atomic mass is 9.99. The summed E-state index contributed by atoms with van der Waals surface area (Å²) >= 11 is 0. The lowest BCUT2D eigenvalue weighted by molar-refractivity contribution is -0.121. The van der Waals surface area contributed by atoms with E-state index in [-0.39, 0.29) is 22.5 Å². The number of aromatic hydroxyl groups is 1. The first kappa shape index (κ1) is 15.2. The molecule has 1 aromatic carbocycles. The topological polar surface area (TPSA) is 95.8 Å². The quantitative estimate of drug-likeness (QED) is 0.880. The molecule has 0 spiro atoms. The Morgan fingerprint density at radius 3 is 2.67 bits per heavy atom. The van der Waals surface area contributed by atoms with E-state index in [0.29, 0.717) is 12.0 Å². The third-order valence-corrected chi connectivity index (χ3v) is 4.28. The molecule has 0 aromatic heterocycles. The van der Waals surface area contributed by atoms with Crippen LogP contribution < -0.4 is 5.43 Å². The van der Waals surface area contributed by atoms with Crippen LogP contribution in [0.5, 0.6) is 5.75 Å². The summed E-state index contributed by atoms with van der Waals surface area (Å²) in [6, 6.07) is 4.33. The van der Waals surface area contributed by atoms with Crippen molar-refractivity contribution in [1.82, 2.24) is 5.43 Å². The number of benzene rings is 1. The average Bonchev–Trinajstić information content (AvgIpc) is 2.36. The highest BCUT2D eigenvalue weighted by atomic mass is 32.2. The summed E-state index contributed by atoms with van der Waals surface area (Å²) in [4.78, 5) is 11.0. The van der Waals surface area contributed by atoms with Crippen molar-refractivity contribution >= 4 is 27.5 Å². The van der Waals surface area contributed by atoms with E-state index in [1.165, 1.54) is 12.1 Å². The molecule has 1 aliphatic rings. The molecule has 0 saturated carbocycles. The first-order valence-electron chi connectivity index (χ1n) is 6.35. The molecule has 1 aromatic rings. The first-order chi connectivity index (χ1) is 9.77. The van der Waals surface area contributed by atoms with Gasteiger partial charge in [-0.1, -0.05) is 19.1 Å². The zero-order valence-corrected chi connectivity index (χ0v) is 12.5. The monoisotopic (exact) mass is 308 g/mol. The molecule has 1 heterocycles. The molecule has 2 rings (SSSR count). The molecule has 0 radical (unpaired) electrons. The van der Waals surface area contributed by atoms with Crippen LogP contribution in [0.4, 0.5) is 0 Å². The number of hydrogen-bond acceptors (Lipinski definition) is 5. The van der Waals surface area contributed by atoms with Gasteiger partial charge in [-0.25, -0.2) is 13.8 Å². The minimum absolute atomic E-state index is 0.0129. The Kier molecular flexibility index (Phi) is 4.13. The van der Waals surface area contributed by atoms with Gasteiger partial charge in [0.15, 0.2) is 9.84 Å². The molecule has 0 fully saturated rings. The molecule has 0 aliphatic carbocycles. The van der Waals surface area contributed by atoms with Crippen molar-refractivity contribution in [3.05, 3.63) is 29.8 Å². The number of hydrogen-bond donors (Lipinski definition) is 2. The van der Waals surface area contributed by atoms with Gasteiger partial charge in [0.1, 0.15) is 10.6 Å².